The van der Waals surface area contributed by atoms with Crippen LogP contribution in [0.15, 0.2) is 53.1 Å². The number of methoxy groups -OCH3 is 1. The number of para-hydroxylation sites is 1. The first-order chi connectivity index (χ1) is 14.2. The molecule has 2 heterocycles. The van der Waals surface area contributed by atoms with Crippen LogP contribution < -0.4 is 14.6 Å². The number of hydrogen-bond donors (Lipinski definition) is 0. The van der Waals surface area contributed by atoms with E-state index in [1.54, 1.807) is 7.11 Å². The molecule has 2 aromatic carbocycles. The summed E-state index contributed by atoms with van der Waals surface area (Å²) in [7, 11) is 3.81. The van der Waals surface area contributed by atoms with Crippen molar-refractivity contribution in [2.24, 2.45) is 5.10 Å². The standard InChI is InChI=1S/C25H29N3O2/c1-16-15-25(3,4)27(5)22-14-23(30-6)18(12-20(16)22)13-21-17(2)26-28(24(21)29)19-10-8-7-9-11-19/h7-14,16H,15H2,1-6H3/b21-13-. The molecule has 1 unspecified atom stereocenters. The van der Waals surface area contributed by atoms with Gasteiger partial charge in [0.2, 0.25) is 0 Å². The van der Waals surface area contributed by atoms with Gasteiger partial charge >= 0.3 is 0 Å². The number of hydrazone groups is 1. The predicted octanol–water partition coefficient (Wildman–Crippen LogP) is 5.22. The number of anilines is 2. The fourth-order valence-corrected chi connectivity index (χ4v) is 4.48. The van der Waals surface area contributed by atoms with Gasteiger partial charge in [-0.2, -0.15) is 10.1 Å². The number of ether oxygens (including phenoxy) is 1. The first-order valence-electron chi connectivity index (χ1n) is 10.4. The Kier molecular flexibility index (Phi) is 4.92. The maximum Gasteiger partial charge on any atom is 0.280 e. The molecule has 2 aliphatic rings. The lowest BCUT2D eigenvalue weighted by Crippen LogP contribution is -2.45. The van der Waals surface area contributed by atoms with Gasteiger partial charge in [-0.3, -0.25) is 4.79 Å². The molecule has 0 saturated carbocycles. The molecular formula is C25H29N3O2. The van der Waals surface area contributed by atoms with Crippen LogP contribution in [0.25, 0.3) is 6.08 Å². The lowest BCUT2D eigenvalue weighted by molar-refractivity contribution is -0.114. The lowest BCUT2D eigenvalue weighted by atomic mass is 9.79. The number of hydrogen-bond acceptors (Lipinski definition) is 4. The SMILES string of the molecule is COc1cc2c(cc1/C=C1\C(=O)N(c3ccccc3)N=C1C)C(C)CC(C)(C)N2C. The highest BCUT2D eigenvalue weighted by molar-refractivity contribution is 6.32. The van der Waals surface area contributed by atoms with Crippen molar-refractivity contribution in [3.63, 3.8) is 0 Å². The molecule has 5 heteroatoms. The van der Waals surface area contributed by atoms with Gasteiger partial charge in [0.25, 0.3) is 5.91 Å². The van der Waals surface area contributed by atoms with E-state index in [1.165, 1.54) is 16.3 Å². The number of amides is 1. The van der Waals surface area contributed by atoms with Crippen LogP contribution >= 0.6 is 0 Å². The van der Waals surface area contributed by atoms with Gasteiger partial charge in [0, 0.05) is 29.9 Å². The van der Waals surface area contributed by atoms with Gasteiger partial charge in [-0.05, 0) is 62.9 Å². The van der Waals surface area contributed by atoms with E-state index < -0.39 is 0 Å². The molecule has 0 spiro atoms. The maximum absolute atomic E-state index is 13.1. The number of nitrogens with zero attached hydrogens (tertiary/aromatic N) is 3. The highest BCUT2D eigenvalue weighted by Gasteiger charge is 2.35. The van der Waals surface area contributed by atoms with Gasteiger partial charge in [-0.25, -0.2) is 0 Å². The molecule has 0 fully saturated rings. The van der Waals surface area contributed by atoms with Crippen molar-refractivity contribution in [3.05, 3.63) is 59.2 Å². The average molecular weight is 404 g/mol. The second-order valence-electron chi connectivity index (χ2n) is 8.83. The van der Waals surface area contributed by atoms with Crippen molar-refractivity contribution in [1.82, 2.24) is 0 Å². The van der Waals surface area contributed by atoms with E-state index in [0.717, 1.165) is 23.4 Å². The van der Waals surface area contributed by atoms with Crippen LogP contribution in [-0.4, -0.2) is 31.3 Å². The van der Waals surface area contributed by atoms with Crippen molar-refractivity contribution in [2.75, 3.05) is 24.1 Å². The summed E-state index contributed by atoms with van der Waals surface area (Å²) in [5.74, 6) is 1.06. The summed E-state index contributed by atoms with van der Waals surface area (Å²) in [5.41, 5.74) is 5.52. The lowest BCUT2D eigenvalue weighted by Gasteiger charge is -2.45. The zero-order chi connectivity index (χ0) is 21.6. The molecule has 2 aliphatic heterocycles. The molecule has 156 valence electrons. The van der Waals surface area contributed by atoms with Crippen LogP contribution in [0.3, 0.4) is 0 Å². The molecular weight excluding hydrogens is 374 g/mol. The van der Waals surface area contributed by atoms with Crippen LogP contribution in [0, 0.1) is 0 Å². The summed E-state index contributed by atoms with van der Waals surface area (Å²) in [5, 5.41) is 5.95. The Labute approximate surface area is 178 Å². The van der Waals surface area contributed by atoms with Crippen LogP contribution in [-0.2, 0) is 4.79 Å². The van der Waals surface area contributed by atoms with Crippen LogP contribution in [0.2, 0.25) is 0 Å². The Hall–Kier alpha value is -3.08. The van der Waals surface area contributed by atoms with E-state index in [2.05, 4.69) is 50.0 Å². The number of carbonyl (C=O) groups excluding carboxylic acids is 1. The van der Waals surface area contributed by atoms with E-state index in [0.29, 0.717) is 17.2 Å². The molecule has 0 aromatic heterocycles. The Morgan fingerprint density at radius 1 is 1.20 bits per heavy atom. The molecule has 2 aromatic rings. The van der Waals surface area contributed by atoms with E-state index >= 15 is 0 Å². The highest BCUT2D eigenvalue weighted by Crippen LogP contribution is 2.45. The van der Waals surface area contributed by atoms with Crippen LogP contribution in [0.5, 0.6) is 5.75 Å². The monoisotopic (exact) mass is 403 g/mol. The Morgan fingerprint density at radius 2 is 1.90 bits per heavy atom. The van der Waals surface area contributed by atoms with E-state index in [1.807, 2.05) is 43.3 Å². The van der Waals surface area contributed by atoms with E-state index in [4.69, 9.17) is 4.74 Å². The largest absolute Gasteiger partial charge is 0.496 e. The zero-order valence-electron chi connectivity index (χ0n) is 18.6. The first kappa shape index (κ1) is 20.2. The third kappa shape index (κ3) is 3.28. The molecule has 0 radical (unpaired) electrons. The summed E-state index contributed by atoms with van der Waals surface area (Å²) in [6, 6.07) is 13.8. The third-order valence-electron chi connectivity index (χ3n) is 6.35. The number of rotatable bonds is 3. The fourth-order valence-electron chi connectivity index (χ4n) is 4.48. The summed E-state index contributed by atoms with van der Waals surface area (Å²) in [6.07, 6.45) is 2.98. The van der Waals surface area contributed by atoms with Crippen molar-refractivity contribution >= 4 is 29.1 Å². The highest BCUT2D eigenvalue weighted by atomic mass is 16.5. The molecule has 5 nitrogen and oxygen atoms in total. The Morgan fingerprint density at radius 3 is 2.57 bits per heavy atom. The minimum Gasteiger partial charge on any atom is -0.496 e. The van der Waals surface area contributed by atoms with Gasteiger partial charge in [0.05, 0.1) is 24.1 Å². The summed E-state index contributed by atoms with van der Waals surface area (Å²) in [4.78, 5) is 15.4. The smallest absolute Gasteiger partial charge is 0.280 e. The van der Waals surface area contributed by atoms with Crippen molar-refractivity contribution in [2.45, 2.75) is 45.6 Å². The zero-order valence-corrected chi connectivity index (χ0v) is 18.6. The molecule has 0 bridgehead atoms. The third-order valence-corrected chi connectivity index (χ3v) is 6.35. The first-order valence-corrected chi connectivity index (χ1v) is 10.4. The maximum atomic E-state index is 13.1. The van der Waals surface area contributed by atoms with Gasteiger partial charge < -0.3 is 9.64 Å². The summed E-state index contributed by atoms with van der Waals surface area (Å²) < 4.78 is 5.72. The van der Waals surface area contributed by atoms with Gasteiger partial charge in [-0.1, -0.05) is 25.1 Å². The normalized spacial score (nSPS) is 21.7. The second kappa shape index (κ2) is 7.31. The minimum atomic E-state index is -0.121. The quantitative estimate of drug-likeness (QED) is 0.660. The van der Waals surface area contributed by atoms with E-state index in [-0.39, 0.29) is 11.4 Å². The van der Waals surface area contributed by atoms with Crippen molar-refractivity contribution < 1.29 is 9.53 Å². The second-order valence-corrected chi connectivity index (χ2v) is 8.83. The van der Waals surface area contributed by atoms with Crippen LogP contribution in [0.4, 0.5) is 11.4 Å². The minimum absolute atomic E-state index is 0.0816. The van der Waals surface area contributed by atoms with Crippen LogP contribution in [0.1, 0.15) is 51.2 Å². The van der Waals surface area contributed by atoms with Gasteiger partial charge in [0.15, 0.2) is 0 Å². The molecule has 4 rings (SSSR count). The van der Waals surface area contributed by atoms with Crippen molar-refractivity contribution in [1.29, 1.82) is 0 Å². The average Bonchev–Trinajstić information content (AvgIpc) is 3.00. The van der Waals surface area contributed by atoms with Gasteiger partial charge in [0.1, 0.15) is 5.75 Å². The topological polar surface area (TPSA) is 45.1 Å². The summed E-state index contributed by atoms with van der Waals surface area (Å²) in [6.45, 7) is 8.67. The van der Waals surface area contributed by atoms with Gasteiger partial charge in [-0.15, -0.1) is 0 Å². The summed E-state index contributed by atoms with van der Waals surface area (Å²) >= 11 is 0. The van der Waals surface area contributed by atoms with E-state index in [9.17, 15) is 4.79 Å². The number of benzene rings is 2. The molecule has 0 aliphatic carbocycles. The molecule has 1 amide bonds. The van der Waals surface area contributed by atoms with Crippen molar-refractivity contribution in [3.8, 4) is 5.75 Å². The predicted molar refractivity (Wildman–Crippen MR) is 124 cm³/mol. The molecule has 0 saturated heterocycles. The number of fused-ring (bicyclic) bond motifs is 1. The Bertz CT molecular complexity index is 1050. The fraction of sp³-hybridized carbons (Fsp3) is 0.360. The molecule has 0 N–H and O–H groups in total. The molecule has 1 atom stereocenters. The molecule has 30 heavy (non-hydrogen) atoms. The number of carbonyl (C=O) groups is 1. The Balaban J connectivity index is 1.77.